The van der Waals surface area contributed by atoms with Crippen LogP contribution in [-0.2, 0) is 21.2 Å². The number of hydrogen-bond acceptors (Lipinski definition) is 5. The molecule has 2 aromatic carbocycles. The number of aryl methyl sites for hydroxylation is 3. The highest BCUT2D eigenvalue weighted by Crippen LogP contribution is 2.36. The minimum Gasteiger partial charge on any atom is -0.310 e. The van der Waals surface area contributed by atoms with Crippen molar-refractivity contribution in [3.8, 4) is 0 Å². The lowest BCUT2D eigenvalue weighted by Crippen LogP contribution is -2.47. The molecule has 0 saturated carbocycles. The van der Waals surface area contributed by atoms with Crippen molar-refractivity contribution in [2.24, 2.45) is 0 Å². The smallest absolute Gasteiger partial charge is 0.271 e. The maximum Gasteiger partial charge on any atom is 0.271 e. The molecule has 9 heteroatoms. The number of nitrogens with zero attached hydrogens (tertiary/aromatic N) is 3. The Morgan fingerprint density at radius 1 is 1.10 bits per heavy atom. The van der Waals surface area contributed by atoms with E-state index in [1.54, 1.807) is 19.9 Å². The number of hydrogen-bond donors (Lipinski definition) is 0. The molecule has 1 atom stereocenters. The van der Waals surface area contributed by atoms with Crippen molar-refractivity contribution in [3.63, 3.8) is 0 Å². The Bertz CT molecular complexity index is 1170. The topological polar surface area (TPSA) is 101 Å². The molecule has 2 aliphatic rings. The van der Waals surface area contributed by atoms with Crippen molar-refractivity contribution in [2.75, 3.05) is 18.0 Å². The second-order valence-corrected chi connectivity index (χ2v) is 10.1. The summed E-state index contributed by atoms with van der Waals surface area (Å²) in [5.41, 5.74) is 3.59. The summed E-state index contributed by atoms with van der Waals surface area (Å²) >= 11 is 0. The van der Waals surface area contributed by atoms with Gasteiger partial charge in [0.05, 0.1) is 15.5 Å². The quantitative estimate of drug-likeness (QED) is 0.533. The van der Waals surface area contributed by atoms with E-state index in [2.05, 4.69) is 0 Å². The standard InChI is InChI=1S/C22H25N3O5S/c1-14-11-15(2)21(16(3)12-14)31(29,30)24-9-4-5-19(24)22(26)23-10-8-17-6-7-18(25(27)28)13-20(17)23/h6-7,11-13,19H,4-5,8-10H2,1-3H3. The Balaban J connectivity index is 1.69. The lowest BCUT2D eigenvalue weighted by molar-refractivity contribution is -0.384. The summed E-state index contributed by atoms with van der Waals surface area (Å²) < 4.78 is 28.5. The van der Waals surface area contributed by atoms with Crippen LogP contribution in [0.1, 0.15) is 35.1 Å². The van der Waals surface area contributed by atoms with Crippen LogP contribution >= 0.6 is 0 Å². The molecule has 2 aromatic rings. The molecule has 2 aliphatic heterocycles. The van der Waals surface area contributed by atoms with Gasteiger partial charge >= 0.3 is 0 Å². The number of nitro benzene ring substituents is 1. The van der Waals surface area contributed by atoms with E-state index in [-0.39, 0.29) is 23.0 Å². The van der Waals surface area contributed by atoms with Gasteiger partial charge in [-0.25, -0.2) is 8.42 Å². The van der Waals surface area contributed by atoms with Crippen LogP contribution in [0.25, 0.3) is 0 Å². The SMILES string of the molecule is Cc1cc(C)c(S(=O)(=O)N2CCCC2C(=O)N2CCc3ccc([N+](=O)[O-])cc32)c(C)c1. The van der Waals surface area contributed by atoms with E-state index in [0.717, 1.165) is 11.1 Å². The van der Waals surface area contributed by atoms with E-state index in [4.69, 9.17) is 0 Å². The monoisotopic (exact) mass is 443 g/mol. The molecule has 0 radical (unpaired) electrons. The third kappa shape index (κ3) is 3.61. The average molecular weight is 444 g/mol. The molecule has 1 unspecified atom stereocenters. The summed E-state index contributed by atoms with van der Waals surface area (Å²) in [5.74, 6) is -0.317. The van der Waals surface area contributed by atoms with Gasteiger partial charge in [0.1, 0.15) is 6.04 Å². The minimum atomic E-state index is -3.86. The highest BCUT2D eigenvalue weighted by molar-refractivity contribution is 7.89. The van der Waals surface area contributed by atoms with E-state index >= 15 is 0 Å². The zero-order valence-corrected chi connectivity index (χ0v) is 18.6. The highest BCUT2D eigenvalue weighted by atomic mass is 32.2. The van der Waals surface area contributed by atoms with Crippen LogP contribution in [-0.4, -0.2) is 42.7 Å². The molecule has 2 heterocycles. The van der Waals surface area contributed by atoms with Gasteiger partial charge in [-0.3, -0.25) is 14.9 Å². The van der Waals surface area contributed by atoms with Gasteiger partial charge in [-0.1, -0.05) is 23.8 Å². The first kappa shape index (κ1) is 21.5. The van der Waals surface area contributed by atoms with Gasteiger partial charge in [-0.15, -0.1) is 0 Å². The first-order valence-corrected chi connectivity index (χ1v) is 11.7. The van der Waals surface area contributed by atoms with Crippen LogP contribution in [0.15, 0.2) is 35.2 Å². The first-order valence-electron chi connectivity index (χ1n) is 10.3. The number of carbonyl (C=O) groups is 1. The number of sulfonamides is 1. The van der Waals surface area contributed by atoms with Gasteiger partial charge in [-0.2, -0.15) is 4.31 Å². The van der Waals surface area contributed by atoms with Crippen LogP contribution in [0.3, 0.4) is 0 Å². The van der Waals surface area contributed by atoms with Crippen molar-refractivity contribution in [1.82, 2.24) is 4.31 Å². The third-order valence-corrected chi connectivity index (χ3v) is 8.32. The lowest BCUT2D eigenvalue weighted by atomic mass is 10.1. The number of amides is 1. The molecule has 0 N–H and O–H groups in total. The van der Waals surface area contributed by atoms with E-state index in [0.29, 0.717) is 42.6 Å². The van der Waals surface area contributed by atoms with Gasteiger partial charge in [-0.05, 0) is 56.7 Å². The Morgan fingerprint density at radius 3 is 2.42 bits per heavy atom. The molecule has 164 valence electrons. The Labute approximate surface area is 181 Å². The molecule has 1 fully saturated rings. The van der Waals surface area contributed by atoms with Gasteiger partial charge < -0.3 is 4.90 Å². The predicted molar refractivity (Wildman–Crippen MR) is 117 cm³/mol. The van der Waals surface area contributed by atoms with Gasteiger partial charge in [0.25, 0.3) is 5.69 Å². The minimum absolute atomic E-state index is 0.0831. The molecule has 1 amide bonds. The van der Waals surface area contributed by atoms with Crippen molar-refractivity contribution in [3.05, 3.63) is 62.7 Å². The van der Waals surface area contributed by atoms with E-state index in [1.807, 2.05) is 19.1 Å². The van der Waals surface area contributed by atoms with Crippen molar-refractivity contribution in [1.29, 1.82) is 0 Å². The molecule has 8 nitrogen and oxygen atoms in total. The lowest BCUT2D eigenvalue weighted by Gasteiger charge is -2.28. The van der Waals surface area contributed by atoms with Crippen molar-refractivity contribution < 1.29 is 18.1 Å². The second kappa shape index (κ2) is 7.72. The number of anilines is 1. The molecule has 4 rings (SSSR count). The molecule has 0 bridgehead atoms. The van der Waals surface area contributed by atoms with E-state index in [9.17, 15) is 23.3 Å². The Kier molecular flexibility index (Phi) is 5.35. The summed E-state index contributed by atoms with van der Waals surface area (Å²) in [6.45, 7) is 6.14. The fourth-order valence-electron chi connectivity index (χ4n) is 4.86. The van der Waals surface area contributed by atoms with Crippen molar-refractivity contribution in [2.45, 2.75) is 51.0 Å². The maximum absolute atomic E-state index is 13.6. The van der Waals surface area contributed by atoms with Gasteiger partial charge in [0.15, 0.2) is 0 Å². The molecular formula is C22H25N3O5S. The van der Waals surface area contributed by atoms with E-state index in [1.165, 1.54) is 21.3 Å². The number of fused-ring (bicyclic) bond motifs is 1. The normalized spacial score (nSPS) is 18.9. The summed E-state index contributed by atoms with van der Waals surface area (Å²) in [6, 6.07) is 7.37. The molecule has 0 aromatic heterocycles. The average Bonchev–Trinajstić information content (AvgIpc) is 3.33. The zero-order chi connectivity index (χ0) is 22.5. The van der Waals surface area contributed by atoms with Crippen LogP contribution in [0.2, 0.25) is 0 Å². The van der Waals surface area contributed by atoms with E-state index < -0.39 is 21.0 Å². The summed E-state index contributed by atoms with van der Waals surface area (Å²) in [4.78, 5) is 25.9. The molecule has 1 saturated heterocycles. The maximum atomic E-state index is 13.6. The molecule has 0 aliphatic carbocycles. The first-order chi connectivity index (χ1) is 14.6. The number of benzene rings is 2. The molecular weight excluding hydrogens is 418 g/mol. The summed E-state index contributed by atoms with van der Waals surface area (Å²) in [5, 5.41) is 11.2. The third-order valence-electron chi connectivity index (χ3n) is 6.10. The number of rotatable bonds is 4. The zero-order valence-electron chi connectivity index (χ0n) is 17.8. The fraction of sp³-hybridized carbons (Fsp3) is 0.409. The number of non-ortho nitro benzene ring substituents is 1. The van der Waals surface area contributed by atoms with Gasteiger partial charge in [0.2, 0.25) is 15.9 Å². The summed E-state index contributed by atoms with van der Waals surface area (Å²) in [6.07, 6.45) is 1.62. The summed E-state index contributed by atoms with van der Waals surface area (Å²) in [7, 11) is -3.86. The second-order valence-electron chi connectivity index (χ2n) is 8.31. The Hall–Kier alpha value is -2.78. The van der Waals surface area contributed by atoms with Crippen LogP contribution < -0.4 is 4.90 Å². The number of nitro groups is 1. The van der Waals surface area contributed by atoms with Gasteiger partial charge in [0, 0.05) is 25.2 Å². The molecule has 0 spiro atoms. The highest BCUT2D eigenvalue weighted by Gasteiger charge is 2.43. The van der Waals surface area contributed by atoms with Crippen LogP contribution in [0.4, 0.5) is 11.4 Å². The molecule has 31 heavy (non-hydrogen) atoms. The predicted octanol–water partition coefficient (Wildman–Crippen LogP) is 3.26. The fourth-order valence-corrected chi connectivity index (χ4v) is 6.92. The number of carbonyl (C=O) groups excluding carboxylic acids is 1. The van der Waals surface area contributed by atoms with Crippen molar-refractivity contribution >= 4 is 27.3 Å². The van der Waals surface area contributed by atoms with Crippen LogP contribution in [0.5, 0.6) is 0 Å². The van der Waals surface area contributed by atoms with Crippen LogP contribution in [0, 0.1) is 30.9 Å². The largest absolute Gasteiger partial charge is 0.310 e. The Morgan fingerprint density at radius 2 is 1.77 bits per heavy atom.